The zero-order chi connectivity index (χ0) is 14.3. The molecular formula is C13H22N2O3S. The number of hydrogen-bond donors (Lipinski definition) is 2. The van der Waals surface area contributed by atoms with Crippen LogP contribution in [0, 0.1) is 0 Å². The SMILES string of the molecule is COCCC(N)CNCc1ccc(S(C)(=O)=O)cc1. The van der Waals surface area contributed by atoms with E-state index in [1.807, 2.05) is 12.1 Å². The van der Waals surface area contributed by atoms with E-state index in [-0.39, 0.29) is 6.04 Å². The van der Waals surface area contributed by atoms with Crippen LogP contribution in [0.25, 0.3) is 0 Å². The van der Waals surface area contributed by atoms with Crippen LogP contribution in [0.5, 0.6) is 0 Å². The summed E-state index contributed by atoms with van der Waals surface area (Å²) in [5.74, 6) is 0. The van der Waals surface area contributed by atoms with Crippen LogP contribution in [-0.2, 0) is 21.1 Å². The zero-order valence-corrected chi connectivity index (χ0v) is 12.2. The number of nitrogens with one attached hydrogen (secondary N) is 1. The van der Waals surface area contributed by atoms with Crippen LogP contribution in [-0.4, -0.2) is 41.0 Å². The average Bonchev–Trinajstić information content (AvgIpc) is 2.36. The largest absolute Gasteiger partial charge is 0.385 e. The molecule has 1 aromatic rings. The molecule has 0 aliphatic rings. The van der Waals surface area contributed by atoms with Gasteiger partial charge in [0.2, 0.25) is 0 Å². The molecule has 0 aromatic heterocycles. The Balaban J connectivity index is 2.38. The summed E-state index contributed by atoms with van der Waals surface area (Å²) >= 11 is 0. The summed E-state index contributed by atoms with van der Waals surface area (Å²) in [6, 6.07) is 6.93. The maximum absolute atomic E-state index is 11.3. The topological polar surface area (TPSA) is 81.4 Å². The molecule has 0 spiro atoms. The number of ether oxygens (including phenoxy) is 1. The molecule has 0 bridgehead atoms. The Kier molecular flexibility index (Phi) is 6.44. The second-order valence-electron chi connectivity index (χ2n) is 4.59. The first kappa shape index (κ1) is 16.1. The van der Waals surface area contributed by atoms with Crippen molar-refractivity contribution in [3.05, 3.63) is 29.8 Å². The molecule has 0 fully saturated rings. The second-order valence-corrected chi connectivity index (χ2v) is 6.60. The zero-order valence-electron chi connectivity index (χ0n) is 11.4. The molecule has 1 rings (SSSR count). The third-order valence-corrected chi connectivity index (χ3v) is 3.91. The van der Waals surface area contributed by atoms with Crippen molar-refractivity contribution >= 4 is 9.84 Å². The van der Waals surface area contributed by atoms with E-state index in [0.29, 0.717) is 24.6 Å². The number of hydrogen-bond acceptors (Lipinski definition) is 5. The molecule has 0 aliphatic heterocycles. The minimum Gasteiger partial charge on any atom is -0.385 e. The van der Waals surface area contributed by atoms with E-state index in [1.54, 1.807) is 19.2 Å². The molecule has 19 heavy (non-hydrogen) atoms. The Hall–Kier alpha value is -0.950. The van der Waals surface area contributed by atoms with E-state index in [9.17, 15) is 8.42 Å². The lowest BCUT2D eigenvalue weighted by molar-refractivity contribution is 0.187. The molecule has 5 nitrogen and oxygen atoms in total. The third-order valence-electron chi connectivity index (χ3n) is 2.78. The van der Waals surface area contributed by atoms with Gasteiger partial charge < -0.3 is 15.8 Å². The van der Waals surface area contributed by atoms with Crippen LogP contribution in [0.3, 0.4) is 0 Å². The van der Waals surface area contributed by atoms with Crippen LogP contribution in [0.4, 0.5) is 0 Å². The fourth-order valence-corrected chi connectivity index (χ4v) is 2.26. The molecule has 3 N–H and O–H groups in total. The lowest BCUT2D eigenvalue weighted by Crippen LogP contribution is -2.34. The molecular weight excluding hydrogens is 264 g/mol. The van der Waals surface area contributed by atoms with Crippen LogP contribution < -0.4 is 11.1 Å². The summed E-state index contributed by atoms with van der Waals surface area (Å²) in [5, 5.41) is 3.24. The number of benzene rings is 1. The fraction of sp³-hybridized carbons (Fsp3) is 0.538. The molecule has 6 heteroatoms. The molecule has 1 unspecified atom stereocenters. The maximum Gasteiger partial charge on any atom is 0.175 e. The molecule has 0 amide bonds. The lowest BCUT2D eigenvalue weighted by atomic mass is 10.2. The highest BCUT2D eigenvalue weighted by atomic mass is 32.2. The molecule has 0 saturated carbocycles. The van der Waals surface area contributed by atoms with Crippen LogP contribution >= 0.6 is 0 Å². The van der Waals surface area contributed by atoms with Crippen molar-refractivity contribution in [2.45, 2.75) is 23.9 Å². The van der Waals surface area contributed by atoms with E-state index >= 15 is 0 Å². The monoisotopic (exact) mass is 286 g/mol. The van der Waals surface area contributed by atoms with Gasteiger partial charge in [-0.3, -0.25) is 0 Å². The summed E-state index contributed by atoms with van der Waals surface area (Å²) in [6.45, 7) is 2.04. The van der Waals surface area contributed by atoms with E-state index in [2.05, 4.69) is 5.32 Å². The number of nitrogens with two attached hydrogens (primary N) is 1. The van der Waals surface area contributed by atoms with Gasteiger partial charge in [0, 0.05) is 39.1 Å². The van der Waals surface area contributed by atoms with E-state index in [0.717, 1.165) is 12.0 Å². The van der Waals surface area contributed by atoms with Crippen LogP contribution in [0.15, 0.2) is 29.2 Å². The average molecular weight is 286 g/mol. The second kappa shape index (κ2) is 7.59. The Morgan fingerprint density at radius 3 is 2.47 bits per heavy atom. The molecule has 108 valence electrons. The van der Waals surface area contributed by atoms with Gasteiger partial charge in [-0.25, -0.2) is 8.42 Å². The Labute approximate surface area is 115 Å². The van der Waals surface area contributed by atoms with Crippen LogP contribution in [0.2, 0.25) is 0 Å². The summed E-state index contributed by atoms with van der Waals surface area (Å²) in [5.41, 5.74) is 6.92. The summed E-state index contributed by atoms with van der Waals surface area (Å²) in [6.07, 6.45) is 2.02. The fourth-order valence-electron chi connectivity index (χ4n) is 1.63. The van der Waals surface area contributed by atoms with Crippen molar-refractivity contribution in [1.82, 2.24) is 5.32 Å². The third kappa shape index (κ3) is 6.15. The van der Waals surface area contributed by atoms with Crippen molar-refractivity contribution in [3.8, 4) is 0 Å². The van der Waals surface area contributed by atoms with E-state index in [1.165, 1.54) is 6.26 Å². The summed E-state index contributed by atoms with van der Waals surface area (Å²) in [4.78, 5) is 0.341. The Morgan fingerprint density at radius 1 is 1.32 bits per heavy atom. The van der Waals surface area contributed by atoms with E-state index in [4.69, 9.17) is 10.5 Å². The number of rotatable bonds is 8. The predicted molar refractivity (Wildman–Crippen MR) is 75.7 cm³/mol. The highest BCUT2D eigenvalue weighted by molar-refractivity contribution is 7.90. The van der Waals surface area contributed by atoms with Gasteiger partial charge in [-0.15, -0.1) is 0 Å². The van der Waals surface area contributed by atoms with Gasteiger partial charge >= 0.3 is 0 Å². The lowest BCUT2D eigenvalue weighted by Gasteiger charge is -2.12. The molecule has 0 aliphatic carbocycles. The normalized spacial score (nSPS) is 13.4. The highest BCUT2D eigenvalue weighted by Gasteiger charge is 2.06. The van der Waals surface area contributed by atoms with Crippen molar-refractivity contribution in [2.75, 3.05) is 26.5 Å². The summed E-state index contributed by atoms with van der Waals surface area (Å²) < 4.78 is 27.6. The molecule has 0 heterocycles. The molecule has 1 atom stereocenters. The van der Waals surface area contributed by atoms with Crippen molar-refractivity contribution in [1.29, 1.82) is 0 Å². The quantitative estimate of drug-likeness (QED) is 0.729. The first-order valence-electron chi connectivity index (χ1n) is 6.17. The van der Waals surface area contributed by atoms with Gasteiger partial charge in [0.05, 0.1) is 4.90 Å². The number of methoxy groups -OCH3 is 1. The van der Waals surface area contributed by atoms with Crippen molar-refractivity contribution < 1.29 is 13.2 Å². The predicted octanol–water partition coefficient (Wildman–Crippen LogP) is 0.544. The van der Waals surface area contributed by atoms with Crippen molar-refractivity contribution in [2.24, 2.45) is 5.73 Å². The van der Waals surface area contributed by atoms with Gasteiger partial charge in [-0.1, -0.05) is 12.1 Å². The van der Waals surface area contributed by atoms with Crippen molar-refractivity contribution in [3.63, 3.8) is 0 Å². The van der Waals surface area contributed by atoms with Crippen LogP contribution in [0.1, 0.15) is 12.0 Å². The Morgan fingerprint density at radius 2 is 1.95 bits per heavy atom. The first-order chi connectivity index (χ1) is 8.93. The minimum absolute atomic E-state index is 0.0650. The standard InChI is InChI=1S/C13H22N2O3S/c1-18-8-7-12(14)10-15-9-11-3-5-13(6-4-11)19(2,16)17/h3-6,12,15H,7-10,14H2,1-2H3. The summed E-state index contributed by atoms with van der Waals surface area (Å²) in [7, 11) is -1.46. The minimum atomic E-state index is -3.12. The van der Waals surface area contributed by atoms with Gasteiger partial charge in [-0.05, 0) is 24.1 Å². The molecule has 1 aromatic carbocycles. The maximum atomic E-state index is 11.3. The molecule has 0 radical (unpaired) electrons. The molecule has 0 saturated heterocycles. The van der Waals surface area contributed by atoms with E-state index < -0.39 is 9.84 Å². The Bertz CT molecular complexity index is 471. The highest BCUT2D eigenvalue weighted by Crippen LogP contribution is 2.10. The van der Waals surface area contributed by atoms with Gasteiger partial charge in [0.25, 0.3) is 0 Å². The van der Waals surface area contributed by atoms with Gasteiger partial charge in [0.15, 0.2) is 9.84 Å². The number of sulfone groups is 1. The van der Waals surface area contributed by atoms with Gasteiger partial charge in [-0.2, -0.15) is 0 Å². The van der Waals surface area contributed by atoms with Gasteiger partial charge in [0.1, 0.15) is 0 Å². The first-order valence-corrected chi connectivity index (χ1v) is 8.07. The smallest absolute Gasteiger partial charge is 0.175 e.